The molecule has 0 atom stereocenters. The number of phenols is 1. The Bertz CT molecular complexity index is 293. The number of hydrazine groups is 1. The number of nitrogens with two attached hydrogens (primary N) is 1. The molecule has 1 aromatic rings. The highest BCUT2D eigenvalue weighted by molar-refractivity contribution is 9.10. The summed E-state index contributed by atoms with van der Waals surface area (Å²) in [5, 5.41) is 9.16. The summed E-state index contributed by atoms with van der Waals surface area (Å²) >= 11 is 3.10. The van der Waals surface area contributed by atoms with E-state index in [9.17, 15) is 4.39 Å². The Morgan fingerprint density at radius 1 is 1.58 bits per heavy atom. The van der Waals surface area contributed by atoms with Crippen molar-refractivity contribution in [3.05, 3.63) is 28.0 Å². The molecule has 0 aliphatic carbocycles. The highest BCUT2D eigenvalue weighted by Crippen LogP contribution is 2.25. The van der Waals surface area contributed by atoms with Gasteiger partial charge in [0.25, 0.3) is 0 Å². The Balaban J connectivity index is 3.09. The van der Waals surface area contributed by atoms with E-state index in [1.807, 2.05) is 0 Å². The lowest BCUT2D eigenvalue weighted by molar-refractivity contribution is 0.423. The molecule has 0 heterocycles. The molecule has 4 N–H and O–H groups in total. The number of rotatable bonds is 2. The molecule has 0 fully saturated rings. The first kappa shape index (κ1) is 9.44. The number of hydrogen-bond acceptors (Lipinski definition) is 3. The van der Waals surface area contributed by atoms with Gasteiger partial charge in [-0.15, -0.1) is 0 Å². The van der Waals surface area contributed by atoms with Gasteiger partial charge < -0.3 is 5.11 Å². The van der Waals surface area contributed by atoms with Crippen molar-refractivity contribution in [2.24, 2.45) is 5.84 Å². The monoisotopic (exact) mass is 234 g/mol. The van der Waals surface area contributed by atoms with Gasteiger partial charge in [0.05, 0.1) is 0 Å². The van der Waals surface area contributed by atoms with Gasteiger partial charge in [-0.1, -0.05) is 15.9 Å². The number of benzene rings is 1. The first-order valence-electron chi connectivity index (χ1n) is 3.25. The minimum Gasteiger partial charge on any atom is -0.505 e. The molecule has 0 aromatic heterocycles. The Hall–Kier alpha value is -0.650. The van der Waals surface area contributed by atoms with Crippen LogP contribution in [0.25, 0.3) is 0 Å². The smallest absolute Gasteiger partial charge is 0.166 e. The quantitative estimate of drug-likeness (QED) is 0.534. The van der Waals surface area contributed by atoms with Gasteiger partial charge in [-0.25, -0.2) is 4.39 Å². The van der Waals surface area contributed by atoms with Crippen LogP contribution in [0.4, 0.5) is 4.39 Å². The minimum absolute atomic E-state index is 0.224. The van der Waals surface area contributed by atoms with Crippen LogP contribution in [0.1, 0.15) is 5.56 Å². The molecule has 12 heavy (non-hydrogen) atoms. The predicted molar refractivity (Wildman–Crippen MR) is 46.8 cm³/mol. The summed E-state index contributed by atoms with van der Waals surface area (Å²) in [6.45, 7) is 0.224. The van der Waals surface area contributed by atoms with Gasteiger partial charge in [-0.05, 0) is 12.1 Å². The van der Waals surface area contributed by atoms with Crippen LogP contribution < -0.4 is 11.3 Å². The fraction of sp³-hybridized carbons (Fsp3) is 0.143. The maximum atomic E-state index is 12.8. The molecule has 0 saturated carbocycles. The molecule has 0 spiro atoms. The molecule has 66 valence electrons. The summed E-state index contributed by atoms with van der Waals surface area (Å²) in [5.41, 5.74) is 2.75. The van der Waals surface area contributed by atoms with Crippen molar-refractivity contribution in [3.8, 4) is 5.75 Å². The zero-order valence-electron chi connectivity index (χ0n) is 6.14. The van der Waals surface area contributed by atoms with E-state index in [0.29, 0.717) is 10.0 Å². The van der Waals surface area contributed by atoms with Crippen LogP contribution in [0.5, 0.6) is 5.75 Å². The molecule has 0 aliphatic heterocycles. The molecule has 1 aromatic carbocycles. The molecule has 0 saturated heterocycles. The normalized spacial score (nSPS) is 10.2. The van der Waals surface area contributed by atoms with Crippen LogP contribution in [0.3, 0.4) is 0 Å². The third-order valence-electron chi connectivity index (χ3n) is 1.40. The molecule has 0 amide bonds. The Morgan fingerprint density at radius 2 is 2.25 bits per heavy atom. The number of aromatic hydroxyl groups is 1. The van der Waals surface area contributed by atoms with E-state index in [1.165, 1.54) is 6.07 Å². The van der Waals surface area contributed by atoms with Crippen molar-refractivity contribution in [2.45, 2.75) is 6.54 Å². The van der Waals surface area contributed by atoms with Crippen LogP contribution in [-0.4, -0.2) is 5.11 Å². The molecule has 0 bridgehead atoms. The lowest BCUT2D eigenvalue weighted by atomic mass is 10.2. The molecular weight excluding hydrogens is 227 g/mol. The van der Waals surface area contributed by atoms with Crippen LogP contribution in [0, 0.1) is 5.82 Å². The standard InChI is InChI=1S/C7H8BrFN2O/c8-5-1-4(3-11-10)7(12)6(9)2-5/h1-2,11-12H,3,10H2. The SMILES string of the molecule is NNCc1cc(Br)cc(F)c1O. The fourth-order valence-electron chi connectivity index (χ4n) is 0.864. The van der Waals surface area contributed by atoms with Gasteiger partial charge in [0.15, 0.2) is 11.6 Å². The maximum absolute atomic E-state index is 12.8. The second-order valence-electron chi connectivity index (χ2n) is 2.28. The molecule has 5 heteroatoms. The lowest BCUT2D eigenvalue weighted by Crippen LogP contribution is -2.20. The zero-order valence-corrected chi connectivity index (χ0v) is 7.73. The predicted octanol–water partition coefficient (Wildman–Crippen LogP) is 1.26. The Labute approximate surface area is 77.5 Å². The lowest BCUT2D eigenvalue weighted by Gasteiger charge is -2.04. The second-order valence-corrected chi connectivity index (χ2v) is 3.19. The van der Waals surface area contributed by atoms with Crippen molar-refractivity contribution >= 4 is 15.9 Å². The van der Waals surface area contributed by atoms with Gasteiger partial charge in [-0.3, -0.25) is 11.3 Å². The molecule has 0 radical (unpaired) electrons. The van der Waals surface area contributed by atoms with E-state index in [-0.39, 0.29) is 12.3 Å². The first-order valence-corrected chi connectivity index (χ1v) is 4.05. The molecular formula is C7H8BrFN2O. The first-order chi connectivity index (χ1) is 5.65. The van der Waals surface area contributed by atoms with Crippen molar-refractivity contribution in [1.29, 1.82) is 0 Å². The fourth-order valence-corrected chi connectivity index (χ4v) is 1.34. The van der Waals surface area contributed by atoms with Gasteiger partial charge in [0, 0.05) is 16.6 Å². The zero-order chi connectivity index (χ0) is 9.14. The minimum atomic E-state index is -0.658. The maximum Gasteiger partial charge on any atom is 0.166 e. The highest BCUT2D eigenvalue weighted by atomic mass is 79.9. The van der Waals surface area contributed by atoms with Gasteiger partial charge in [0.2, 0.25) is 0 Å². The molecule has 3 nitrogen and oxygen atoms in total. The third-order valence-corrected chi connectivity index (χ3v) is 1.86. The average Bonchev–Trinajstić information content (AvgIpc) is 2.00. The van der Waals surface area contributed by atoms with Gasteiger partial charge in [-0.2, -0.15) is 0 Å². The topological polar surface area (TPSA) is 58.3 Å². The van der Waals surface area contributed by atoms with Crippen molar-refractivity contribution in [1.82, 2.24) is 5.43 Å². The molecule has 1 rings (SSSR count). The summed E-state index contributed by atoms with van der Waals surface area (Å²) in [5.74, 6) is 4.01. The third kappa shape index (κ3) is 1.94. The summed E-state index contributed by atoms with van der Waals surface area (Å²) in [6.07, 6.45) is 0. The van der Waals surface area contributed by atoms with Crippen LogP contribution in [-0.2, 0) is 6.54 Å². The number of halogens is 2. The van der Waals surface area contributed by atoms with E-state index in [0.717, 1.165) is 0 Å². The van der Waals surface area contributed by atoms with Crippen molar-refractivity contribution in [2.75, 3.05) is 0 Å². The Morgan fingerprint density at radius 3 is 2.83 bits per heavy atom. The average molecular weight is 235 g/mol. The summed E-state index contributed by atoms with van der Waals surface area (Å²) in [4.78, 5) is 0. The van der Waals surface area contributed by atoms with Gasteiger partial charge in [0.1, 0.15) is 0 Å². The molecule has 0 aliphatic rings. The largest absolute Gasteiger partial charge is 0.505 e. The van der Waals surface area contributed by atoms with E-state index >= 15 is 0 Å². The molecule has 0 unspecified atom stereocenters. The second kappa shape index (κ2) is 3.84. The number of hydrogen-bond donors (Lipinski definition) is 3. The summed E-state index contributed by atoms with van der Waals surface area (Å²) < 4.78 is 13.4. The van der Waals surface area contributed by atoms with Crippen LogP contribution >= 0.6 is 15.9 Å². The van der Waals surface area contributed by atoms with Gasteiger partial charge >= 0.3 is 0 Å². The van der Waals surface area contributed by atoms with Crippen molar-refractivity contribution < 1.29 is 9.50 Å². The number of nitrogens with one attached hydrogen (secondary N) is 1. The summed E-state index contributed by atoms with van der Waals surface area (Å²) in [6, 6.07) is 2.79. The highest BCUT2D eigenvalue weighted by Gasteiger charge is 2.07. The van der Waals surface area contributed by atoms with E-state index < -0.39 is 5.82 Å². The van der Waals surface area contributed by atoms with Crippen LogP contribution in [0.15, 0.2) is 16.6 Å². The van der Waals surface area contributed by atoms with Crippen LogP contribution in [0.2, 0.25) is 0 Å². The van der Waals surface area contributed by atoms with E-state index in [2.05, 4.69) is 21.4 Å². The summed E-state index contributed by atoms with van der Waals surface area (Å²) in [7, 11) is 0. The van der Waals surface area contributed by atoms with E-state index in [4.69, 9.17) is 10.9 Å². The number of phenolic OH excluding ortho intramolecular Hbond substituents is 1. The van der Waals surface area contributed by atoms with E-state index in [1.54, 1.807) is 6.07 Å². The Kier molecular flexibility index (Phi) is 3.02. The van der Waals surface area contributed by atoms with Crippen molar-refractivity contribution in [3.63, 3.8) is 0 Å².